The third-order valence-electron chi connectivity index (χ3n) is 3.64. The van der Waals surface area contributed by atoms with E-state index in [1.807, 2.05) is 0 Å². The van der Waals surface area contributed by atoms with Crippen LogP contribution in [0.5, 0.6) is 0 Å². The Morgan fingerprint density at radius 3 is 1.73 bits per heavy atom. The van der Waals surface area contributed by atoms with Gasteiger partial charge in [-0.2, -0.15) is 8.42 Å². The topological polar surface area (TPSA) is 80.7 Å². The van der Waals surface area contributed by atoms with Crippen LogP contribution in [0, 0.1) is 0 Å². The van der Waals surface area contributed by atoms with Crippen molar-refractivity contribution in [2.24, 2.45) is 0 Å². The van der Waals surface area contributed by atoms with Crippen molar-refractivity contribution in [3.8, 4) is 0 Å². The average Bonchev–Trinajstić information content (AvgIpc) is 2.42. The number of hydrogen-bond donors (Lipinski definition) is 1. The third-order valence-corrected chi connectivity index (χ3v) is 4.79. The molecule has 1 N–H and O–H groups in total. The Labute approximate surface area is 157 Å². The summed E-state index contributed by atoms with van der Waals surface area (Å²) in [7, 11) is -3.24. The molecule has 7 heteroatoms. The molecular weight excluding hydrogens is 315 g/mol. The van der Waals surface area contributed by atoms with Crippen LogP contribution in [0.25, 0.3) is 0 Å². The van der Waals surface area contributed by atoms with Gasteiger partial charge >= 0.3 is 35.5 Å². The Morgan fingerprint density at radius 1 is 0.955 bits per heavy atom. The van der Waals surface area contributed by atoms with Crippen LogP contribution in [0.2, 0.25) is 0 Å². The zero-order chi connectivity index (χ0) is 16.1. The van der Waals surface area contributed by atoms with Gasteiger partial charge in [0.25, 0.3) is 10.1 Å². The number of methoxy groups -OCH3 is 1. The van der Waals surface area contributed by atoms with Crippen molar-refractivity contribution in [3.05, 3.63) is 0 Å². The van der Waals surface area contributed by atoms with Crippen LogP contribution in [0.4, 0.5) is 0 Å². The summed E-state index contributed by atoms with van der Waals surface area (Å²) >= 11 is 0. The molecule has 0 fully saturated rings. The standard InChI is InChI=1S/C15H30O5S.Na.H/c1-3-4-5-6-7-8-9-10-11-12-13-14(15(16)20-2)21(17,18)19;;/h14H,3-13H2,1-2H3,(H,17,18,19);;. The van der Waals surface area contributed by atoms with Gasteiger partial charge in [-0.25, -0.2) is 0 Å². The second-order valence-corrected chi connectivity index (χ2v) is 7.10. The number of esters is 1. The molecular formula is C15H31NaO5S. The minimum absolute atomic E-state index is 0. The number of unbranched alkanes of at least 4 members (excludes halogenated alkanes) is 9. The Kier molecular flexibility index (Phi) is 16.7. The fraction of sp³-hybridized carbons (Fsp3) is 0.933. The fourth-order valence-corrected chi connectivity index (χ4v) is 3.14. The molecule has 22 heavy (non-hydrogen) atoms. The van der Waals surface area contributed by atoms with Gasteiger partial charge in [-0.15, -0.1) is 0 Å². The van der Waals surface area contributed by atoms with Gasteiger partial charge in [-0.1, -0.05) is 71.1 Å². The molecule has 1 unspecified atom stereocenters. The van der Waals surface area contributed by atoms with Crippen molar-refractivity contribution in [3.63, 3.8) is 0 Å². The summed E-state index contributed by atoms with van der Waals surface area (Å²) in [6.07, 6.45) is 11.4. The van der Waals surface area contributed by atoms with Crippen LogP contribution >= 0.6 is 0 Å². The molecule has 5 nitrogen and oxygen atoms in total. The van der Waals surface area contributed by atoms with E-state index in [0.717, 1.165) is 26.4 Å². The van der Waals surface area contributed by atoms with E-state index in [1.54, 1.807) is 0 Å². The first kappa shape index (κ1) is 24.6. The summed E-state index contributed by atoms with van der Waals surface area (Å²) in [6, 6.07) is 0. The first-order valence-electron chi connectivity index (χ1n) is 7.97. The maximum atomic E-state index is 11.3. The van der Waals surface area contributed by atoms with Crippen LogP contribution in [-0.4, -0.2) is 60.9 Å². The van der Waals surface area contributed by atoms with E-state index in [9.17, 15) is 13.2 Å². The molecule has 1 atom stereocenters. The predicted molar refractivity (Wildman–Crippen MR) is 91.0 cm³/mol. The normalized spacial score (nSPS) is 12.5. The SMILES string of the molecule is CCCCCCCCCCCCC(C(=O)OC)S(=O)(=O)O.[NaH]. The monoisotopic (exact) mass is 346 g/mol. The number of carbonyl (C=O) groups excluding carboxylic acids is 1. The van der Waals surface area contributed by atoms with Crippen molar-refractivity contribution in [1.82, 2.24) is 0 Å². The summed E-state index contributed by atoms with van der Waals surface area (Å²) in [6.45, 7) is 2.20. The number of carbonyl (C=O) groups is 1. The first-order chi connectivity index (χ1) is 9.93. The molecule has 0 aromatic heterocycles. The van der Waals surface area contributed by atoms with Gasteiger partial charge in [0.05, 0.1) is 7.11 Å². The van der Waals surface area contributed by atoms with Gasteiger partial charge in [0, 0.05) is 0 Å². The molecule has 0 aliphatic rings. The van der Waals surface area contributed by atoms with E-state index in [1.165, 1.54) is 38.5 Å². The molecule has 0 aromatic rings. The van der Waals surface area contributed by atoms with Crippen LogP contribution in [0.1, 0.15) is 77.6 Å². The van der Waals surface area contributed by atoms with E-state index < -0.39 is 21.3 Å². The second kappa shape index (κ2) is 14.9. The zero-order valence-corrected chi connectivity index (χ0v) is 14.2. The number of hydrogen-bond acceptors (Lipinski definition) is 4. The van der Waals surface area contributed by atoms with Gasteiger partial charge in [0.2, 0.25) is 0 Å². The third kappa shape index (κ3) is 12.9. The molecule has 0 radical (unpaired) electrons. The second-order valence-electron chi connectivity index (χ2n) is 5.50. The average molecular weight is 346 g/mol. The molecule has 0 amide bonds. The van der Waals surface area contributed by atoms with Crippen molar-refractivity contribution in [2.75, 3.05) is 7.11 Å². The molecule has 0 aliphatic carbocycles. The van der Waals surface area contributed by atoms with Crippen LogP contribution < -0.4 is 0 Å². The Balaban J connectivity index is 0. The fourth-order valence-electron chi connectivity index (χ4n) is 2.34. The van der Waals surface area contributed by atoms with E-state index >= 15 is 0 Å². The van der Waals surface area contributed by atoms with Crippen molar-refractivity contribution in [1.29, 1.82) is 0 Å². The molecule has 0 aliphatic heterocycles. The Hall–Kier alpha value is 0.380. The van der Waals surface area contributed by atoms with Crippen molar-refractivity contribution in [2.45, 2.75) is 82.8 Å². The molecule has 0 saturated heterocycles. The summed E-state index contributed by atoms with van der Waals surface area (Å²) < 4.78 is 35.6. The van der Waals surface area contributed by atoms with E-state index in [-0.39, 0.29) is 36.0 Å². The Morgan fingerprint density at radius 2 is 1.36 bits per heavy atom. The quantitative estimate of drug-likeness (QED) is 0.240. The number of ether oxygens (including phenoxy) is 1. The zero-order valence-electron chi connectivity index (χ0n) is 13.3. The van der Waals surface area contributed by atoms with Crippen molar-refractivity contribution >= 4 is 45.6 Å². The molecule has 128 valence electrons. The molecule has 0 spiro atoms. The molecule has 0 aromatic carbocycles. The first-order valence-corrected chi connectivity index (χ1v) is 9.48. The predicted octanol–water partition coefficient (Wildman–Crippen LogP) is 3.08. The van der Waals surface area contributed by atoms with Gasteiger partial charge < -0.3 is 4.74 Å². The molecule has 0 saturated carbocycles. The number of rotatable bonds is 13. The Bertz CT molecular complexity index is 370. The van der Waals surface area contributed by atoms with Crippen LogP contribution in [-0.2, 0) is 19.6 Å². The summed E-state index contributed by atoms with van der Waals surface area (Å²) in [5, 5.41) is -1.43. The van der Waals surface area contributed by atoms with Gasteiger partial charge in [0.15, 0.2) is 5.25 Å². The summed E-state index contributed by atoms with van der Waals surface area (Å²) in [5.41, 5.74) is 0. The molecule has 0 bridgehead atoms. The van der Waals surface area contributed by atoms with Crippen molar-refractivity contribution < 1.29 is 22.5 Å². The minimum atomic E-state index is -4.36. The summed E-state index contributed by atoms with van der Waals surface area (Å²) in [4.78, 5) is 11.3. The maximum absolute atomic E-state index is 11.3. The molecule has 0 heterocycles. The van der Waals surface area contributed by atoms with E-state index in [0.29, 0.717) is 6.42 Å². The van der Waals surface area contributed by atoms with E-state index in [4.69, 9.17) is 4.55 Å². The van der Waals surface area contributed by atoms with Gasteiger partial charge in [0.1, 0.15) is 0 Å². The summed E-state index contributed by atoms with van der Waals surface area (Å²) in [5.74, 6) is -0.881. The van der Waals surface area contributed by atoms with Crippen LogP contribution in [0.3, 0.4) is 0 Å². The van der Waals surface area contributed by atoms with Gasteiger partial charge in [-0.05, 0) is 6.42 Å². The van der Waals surface area contributed by atoms with Gasteiger partial charge in [-0.3, -0.25) is 9.35 Å². The van der Waals surface area contributed by atoms with Crippen LogP contribution in [0.15, 0.2) is 0 Å². The van der Waals surface area contributed by atoms with E-state index in [2.05, 4.69) is 11.7 Å². The molecule has 0 rings (SSSR count).